The molecule has 26 heavy (non-hydrogen) atoms. The van der Waals surface area contributed by atoms with E-state index in [1.54, 1.807) is 11.8 Å². The normalized spacial score (nSPS) is 15.6. The van der Waals surface area contributed by atoms with Crippen molar-refractivity contribution in [2.75, 3.05) is 31.9 Å². The Labute approximate surface area is 161 Å². The molecule has 2 amide bonds. The van der Waals surface area contributed by atoms with Crippen LogP contribution >= 0.6 is 11.8 Å². The fourth-order valence-electron chi connectivity index (χ4n) is 3.09. The fraction of sp³-hybridized carbons (Fsp3) is 0.600. The summed E-state index contributed by atoms with van der Waals surface area (Å²) in [6, 6.07) is 8.64. The molecule has 0 saturated carbocycles. The molecule has 0 atom stereocenters. The topological polar surface area (TPSA) is 61.4 Å². The van der Waals surface area contributed by atoms with Crippen molar-refractivity contribution in [3.63, 3.8) is 0 Å². The van der Waals surface area contributed by atoms with Gasteiger partial charge in [0, 0.05) is 31.4 Å². The summed E-state index contributed by atoms with van der Waals surface area (Å²) in [5.41, 5.74) is 2.51. The number of thioether (sulfide) groups is 1. The zero-order valence-electron chi connectivity index (χ0n) is 15.9. The van der Waals surface area contributed by atoms with Crippen LogP contribution in [-0.2, 0) is 15.3 Å². The smallest absolute Gasteiger partial charge is 0.234 e. The third-order valence-corrected chi connectivity index (χ3v) is 5.48. The van der Waals surface area contributed by atoms with Crippen LogP contribution in [0.2, 0.25) is 0 Å². The van der Waals surface area contributed by atoms with E-state index in [1.165, 1.54) is 11.1 Å². The number of nitrogens with zero attached hydrogens (tertiary/aromatic N) is 1. The van der Waals surface area contributed by atoms with Gasteiger partial charge in [0.2, 0.25) is 11.8 Å². The van der Waals surface area contributed by atoms with Crippen LogP contribution in [0.1, 0.15) is 37.3 Å². The molecular weight excluding hydrogens is 346 g/mol. The van der Waals surface area contributed by atoms with Crippen LogP contribution in [0, 0.1) is 6.92 Å². The summed E-state index contributed by atoms with van der Waals surface area (Å²) in [7, 11) is 0. The molecule has 1 aromatic carbocycles. The molecule has 0 spiro atoms. The van der Waals surface area contributed by atoms with Crippen molar-refractivity contribution in [2.24, 2.45) is 0 Å². The number of carbonyl (C=O) groups excluding carboxylic acids is 2. The SMILES string of the molecule is CCCNC(=O)CN1CCC(NC(=O)CSCc2cccc(C)c2)CC1. The van der Waals surface area contributed by atoms with E-state index < -0.39 is 0 Å². The van der Waals surface area contributed by atoms with Gasteiger partial charge in [-0.3, -0.25) is 14.5 Å². The minimum absolute atomic E-state index is 0.0990. The number of amides is 2. The van der Waals surface area contributed by atoms with Crippen molar-refractivity contribution in [1.82, 2.24) is 15.5 Å². The highest BCUT2D eigenvalue weighted by atomic mass is 32.2. The first kappa shape index (κ1) is 20.8. The quantitative estimate of drug-likeness (QED) is 0.693. The number of hydrogen-bond acceptors (Lipinski definition) is 4. The molecule has 6 heteroatoms. The molecule has 0 aliphatic carbocycles. The maximum absolute atomic E-state index is 12.1. The van der Waals surface area contributed by atoms with Crippen LogP contribution in [0.15, 0.2) is 24.3 Å². The van der Waals surface area contributed by atoms with Crippen molar-refractivity contribution in [3.05, 3.63) is 35.4 Å². The third-order valence-electron chi connectivity index (χ3n) is 4.48. The standard InChI is InChI=1S/C20H31N3O2S/c1-3-9-21-19(24)13-23-10-7-18(8-11-23)22-20(25)15-26-14-17-6-4-5-16(2)12-17/h4-6,12,18H,3,7-11,13-15H2,1-2H3,(H,21,24)(H,22,25). The van der Waals surface area contributed by atoms with Gasteiger partial charge in [-0.05, 0) is 31.7 Å². The van der Waals surface area contributed by atoms with Crippen LogP contribution in [0.25, 0.3) is 0 Å². The van der Waals surface area contributed by atoms with E-state index in [1.807, 2.05) is 6.92 Å². The van der Waals surface area contributed by atoms with Crippen molar-refractivity contribution in [1.29, 1.82) is 0 Å². The second-order valence-corrected chi connectivity index (χ2v) is 7.94. The molecule has 0 radical (unpaired) electrons. The van der Waals surface area contributed by atoms with Crippen LogP contribution in [0.3, 0.4) is 0 Å². The molecule has 144 valence electrons. The first-order valence-corrected chi connectivity index (χ1v) is 10.6. The summed E-state index contributed by atoms with van der Waals surface area (Å²) in [5.74, 6) is 1.57. The van der Waals surface area contributed by atoms with E-state index in [0.29, 0.717) is 12.3 Å². The Bertz CT molecular complexity index is 586. The zero-order chi connectivity index (χ0) is 18.8. The summed E-state index contributed by atoms with van der Waals surface area (Å²) in [6.07, 6.45) is 2.78. The molecule has 0 unspecified atom stereocenters. The maximum atomic E-state index is 12.1. The number of likely N-dealkylation sites (tertiary alicyclic amines) is 1. The number of aryl methyl sites for hydroxylation is 1. The lowest BCUT2D eigenvalue weighted by Gasteiger charge is -2.31. The van der Waals surface area contributed by atoms with Gasteiger partial charge in [-0.25, -0.2) is 0 Å². The lowest BCUT2D eigenvalue weighted by Crippen LogP contribution is -2.47. The Hall–Kier alpha value is -1.53. The molecule has 0 bridgehead atoms. The number of benzene rings is 1. The molecule has 2 rings (SSSR count). The van der Waals surface area contributed by atoms with Gasteiger partial charge < -0.3 is 10.6 Å². The minimum Gasteiger partial charge on any atom is -0.355 e. The predicted octanol–water partition coefficient (Wildman–Crippen LogP) is 2.34. The summed E-state index contributed by atoms with van der Waals surface area (Å²) >= 11 is 1.65. The summed E-state index contributed by atoms with van der Waals surface area (Å²) in [5, 5.41) is 6.05. The Kier molecular flexibility index (Phi) is 8.98. The number of hydrogen-bond donors (Lipinski definition) is 2. The average molecular weight is 378 g/mol. The van der Waals surface area contributed by atoms with Crippen molar-refractivity contribution >= 4 is 23.6 Å². The lowest BCUT2D eigenvalue weighted by molar-refractivity contribution is -0.123. The molecule has 1 heterocycles. The van der Waals surface area contributed by atoms with Crippen molar-refractivity contribution < 1.29 is 9.59 Å². The number of nitrogens with one attached hydrogen (secondary N) is 2. The predicted molar refractivity (Wildman–Crippen MR) is 108 cm³/mol. The van der Waals surface area contributed by atoms with Crippen molar-refractivity contribution in [3.8, 4) is 0 Å². The molecule has 0 aromatic heterocycles. The largest absolute Gasteiger partial charge is 0.355 e. The van der Waals surface area contributed by atoms with E-state index in [2.05, 4.69) is 46.7 Å². The van der Waals surface area contributed by atoms with Gasteiger partial charge in [0.05, 0.1) is 12.3 Å². The molecule has 5 nitrogen and oxygen atoms in total. The first-order valence-electron chi connectivity index (χ1n) is 9.48. The Balaban J connectivity index is 1.59. The molecule has 2 N–H and O–H groups in total. The highest BCUT2D eigenvalue weighted by Crippen LogP contribution is 2.14. The van der Waals surface area contributed by atoms with E-state index in [9.17, 15) is 9.59 Å². The second kappa shape index (κ2) is 11.2. The third kappa shape index (κ3) is 7.79. The number of carbonyl (C=O) groups is 2. The Morgan fingerprint density at radius 1 is 1.23 bits per heavy atom. The second-order valence-electron chi connectivity index (χ2n) is 6.95. The van der Waals surface area contributed by atoms with Gasteiger partial charge in [0.15, 0.2) is 0 Å². The first-order chi connectivity index (χ1) is 12.6. The monoisotopic (exact) mass is 377 g/mol. The van der Waals surface area contributed by atoms with Gasteiger partial charge in [0.1, 0.15) is 0 Å². The van der Waals surface area contributed by atoms with Gasteiger partial charge in [-0.2, -0.15) is 0 Å². The highest BCUT2D eigenvalue weighted by Gasteiger charge is 2.21. The summed E-state index contributed by atoms with van der Waals surface area (Å²) in [6.45, 7) is 7.06. The number of rotatable bonds is 9. The highest BCUT2D eigenvalue weighted by molar-refractivity contribution is 7.99. The number of piperidine rings is 1. The summed E-state index contributed by atoms with van der Waals surface area (Å²) in [4.78, 5) is 26.1. The Morgan fingerprint density at radius 3 is 2.69 bits per heavy atom. The molecule has 1 aliphatic rings. The van der Waals surface area contributed by atoms with Crippen LogP contribution < -0.4 is 10.6 Å². The van der Waals surface area contributed by atoms with Gasteiger partial charge >= 0.3 is 0 Å². The molecule has 1 aliphatic heterocycles. The lowest BCUT2D eigenvalue weighted by atomic mass is 10.1. The van der Waals surface area contributed by atoms with E-state index in [-0.39, 0.29) is 17.9 Å². The average Bonchev–Trinajstić information content (AvgIpc) is 2.62. The van der Waals surface area contributed by atoms with Crippen molar-refractivity contribution in [2.45, 2.75) is 44.9 Å². The van der Waals surface area contributed by atoms with E-state index in [0.717, 1.165) is 44.6 Å². The summed E-state index contributed by atoms with van der Waals surface area (Å²) < 4.78 is 0. The van der Waals surface area contributed by atoms with Crippen LogP contribution in [0.5, 0.6) is 0 Å². The van der Waals surface area contributed by atoms with Gasteiger partial charge in [0.25, 0.3) is 0 Å². The maximum Gasteiger partial charge on any atom is 0.234 e. The van der Waals surface area contributed by atoms with Crippen LogP contribution in [0.4, 0.5) is 0 Å². The molecule has 1 saturated heterocycles. The molecule has 1 fully saturated rings. The Morgan fingerprint density at radius 2 is 2.00 bits per heavy atom. The minimum atomic E-state index is 0.0990. The zero-order valence-corrected chi connectivity index (χ0v) is 16.7. The fourth-order valence-corrected chi connectivity index (χ4v) is 3.88. The van der Waals surface area contributed by atoms with Gasteiger partial charge in [-0.1, -0.05) is 36.8 Å². The van der Waals surface area contributed by atoms with Gasteiger partial charge in [-0.15, -0.1) is 11.8 Å². The molecule has 1 aromatic rings. The van der Waals surface area contributed by atoms with Crippen LogP contribution in [-0.4, -0.2) is 54.7 Å². The van der Waals surface area contributed by atoms with E-state index in [4.69, 9.17) is 0 Å². The molecular formula is C20H31N3O2S. The van der Waals surface area contributed by atoms with E-state index >= 15 is 0 Å².